The molecule has 3 heteroatoms. The van der Waals surface area contributed by atoms with Crippen molar-refractivity contribution in [3.8, 4) is 5.75 Å². The van der Waals surface area contributed by atoms with E-state index in [9.17, 15) is 4.79 Å². The van der Waals surface area contributed by atoms with Crippen LogP contribution >= 0.6 is 0 Å². The molecular formula is C25H18O3. The van der Waals surface area contributed by atoms with Crippen LogP contribution in [0.1, 0.15) is 27.0 Å². The van der Waals surface area contributed by atoms with Crippen LogP contribution in [-0.4, -0.2) is 13.1 Å². The minimum atomic E-state index is -0.955. The second kappa shape index (κ2) is 6.24. The SMILES string of the molecule is COc1ccc2cc(C3(c4ccccc4)OC(=O)c4ccccc43)ccc2c1. The molecule has 1 heterocycles. The topological polar surface area (TPSA) is 35.5 Å². The predicted octanol–water partition coefficient (Wildman–Crippen LogP) is 5.31. The Morgan fingerprint density at radius 2 is 1.46 bits per heavy atom. The molecule has 0 saturated heterocycles. The standard InChI is InChI=1S/C25H18O3/c1-27-21-14-12-17-15-20(13-11-18(17)16-21)25(19-7-3-2-4-8-19)23-10-6-5-9-22(23)24(26)28-25/h2-16H,1H3. The molecule has 28 heavy (non-hydrogen) atoms. The fraction of sp³-hybridized carbons (Fsp3) is 0.0800. The Hall–Kier alpha value is -3.59. The molecule has 0 aliphatic carbocycles. The van der Waals surface area contributed by atoms with Crippen LogP contribution in [-0.2, 0) is 10.3 Å². The van der Waals surface area contributed by atoms with Crippen LogP contribution in [0.5, 0.6) is 5.75 Å². The number of fused-ring (bicyclic) bond motifs is 2. The van der Waals surface area contributed by atoms with Gasteiger partial charge in [-0.2, -0.15) is 0 Å². The van der Waals surface area contributed by atoms with E-state index in [2.05, 4.69) is 6.07 Å². The van der Waals surface area contributed by atoms with Gasteiger partial charge in [0.2, 0.25) is 0 Å². The van der Waals surface area contributed by atoms with E-state index in [1.54, 1.807) is 7.11 Å². The molecule has 1 aliphatic rings. The molecule has 5 rings (SSSR count). The summed E-state index contributed by atoms with van der Waals surface area (Å²) < 4.78 is 11.5. The van der Waals surface area contributed by atoms with Gasteiger partial charge >= 0.3 is 5.97 Å². The maximum Gasteiger partial charge on any atom is 0.340 e. The Morgan fingerprint density at radius 1 is 0.750 bits per heavy atom. The second-order valence-corrected chi connectivity index (χ2v) is 6.91. The first-order chi connectivity index (χ1) is 13.7. The largest absolute Gasteiger partial charge is 0.497 e. The van der Waals surface area contributed by atoms with Gasteiger partial charge in [-0.3, -0.25) is 0 Å². The number of hydrogen-bond donors (Lipinski definition) is 0. The highest BCUT2D eigenvalue weighted by Gasteiger charge is 2.48. The van der Waals surface area contributed by atoms with E-state index in [0.29, 0.717) is 5.56 Å². The summed E-state index contributed by atoms with van der Waals surface area (Å²) in [6.45, 7) is 0. The molecule has 0 aromatic heterocycles. The van der Waals surface area contributed by atoms with Gasteiger partial charge in [0.25, 0.3) is 0 Å². The Bertz CT molecular complexity index is 1200. The number of carbonyl (C=O) groups excluding carboxylic acids is 1. The van der Waals surface area contributed by atoms with Crippen molar-refractivity contribution in [2.24, 2.45) is 0 Å². The zero-order chi connectivity index (χ0) is 19.1. The average molecular weight is 366 g/mol. The molecular weight excluding hydrogens is 348 g/mol. The van der Waals surface area contributed by atoms with E-state index >= 15 is 0 Å². The molecule has 1 aliphatic heterocycles. The predicted molar refractivity (Wildman–Crippen MR) is 109 cm³/mol. The van der Waals surface area contributed by atoms with Crippen molar-refractivity contribution >= 4 is 16.7 Å². The summed E-state index contributed by atoms with van der Waals surface area (Å²) in [6.07, 6.45) is 0. The first-order valence-electron chi connectivity index (χ1n) is 9.19. The van der Waals surface area contributed by atoms with Crippen molar-refractivity contribution < 1.29 is 14.3 Å². The monoisotopic (exact) mass is 366 g/mol. The van der Waals surface area contributed by atoms with Gasteiger partial charge in [-0.15, -0.1) is 0 Å². The van der Waals surface area contributed by atoms with E-state index in [0.717, 1.165) is 33.2 Å². The highest BCUT2D eigenvalue weighted by molar-refractivity contribution is 5.96. The first kappa shape index (κ1) is 16.6. The first-order valence-corrected chi connectivity index (χ1v) is 9.19. The van der Waals surface area contributed by atoms with Crippen LogP contribution in [0, 0.1) is 0 Å². The van der Waals surface area contributed by atoms with E-state index < -0.39 is 5.60 Å². The molecule has 0 radical (unpaired) electrons. The number of cyclic esters (lactones) is 1. The molecule has 0 fully saturated rings. The van der Waals surface area contributed by atoms with Crippen LogP contribution in [0.4, 0.5) is 0 Å². The van der Waals surface area contributed by atoms with Gasteiger partial charge in [0, 0.05) is 16.7 Å². The van der Waals surface area contributed by atoms with Crippen molar-refractivity contribution in [2.75, 3.05) is 7.11 Å². The average Bonchev–Trinajstić information content (AvgIpc) is 3.07. The lowest BCUT2D eigenvalue weighted by molar-refractivity contribution is 0.0252. The summed E-state index contributed by atoms with van der Waals surface area (Å²) in [6, 6.07) is 29.7. The zero-order valence-electron chi connectivity index (χ0n) is 15.4. The van der Waals surface area contributed by atoms with Gasteiger partial charge in [-0.25, -0.2) is 4.79 Å². The summed E-state index contributed by atoms with van der Waals surface area (Å²) in [7, 11) is 1.66. The highest BCUT2D eigenvalue weighted by Crippen LogP contribution is 2.47. The molecule has 1 atom stereocenters. The third kappa shape index (κ3) is 2.33. The molecule has 0 N–H and O–H groups in total. The lowest BCUT2D eigenvalue weighted by Crippen LogP contribution is -2.29. The molecule has 0 amide bonds. The molecule has 0 bridgehead atoms. The van der Waals surface area contributed by atoms with Gasteiger partial charge in [0.15, 0.2) is 5.60 Å². The Kier molecular flexibility index (Phi) is 3.69. The number of ether oxygens (including phenoxy) is 2. The van der Waals surface area contributed by atoms with Crippen LogP contribution in [0.2, 0.25) is 0 Å². The normalized spacial score (nSPS) is 18.0. The summed E-state index contributed by atoms with van der Waals surface area (Å²) in [4.78, 5) is 12.7. The van der Waals surface area contributed by atoms with Crippen molar-refractivity contribution in [3.05, 3.63) is 113 Å². The number of carbonyl (C=O) groups is 1. The molecule has 4 aromatic carbocycles. The van der Waals surface area contributed by atoms with E-state index in [4.69, 9.17) is 9.47 Å². The van der Waals surface area contributed by atoms with Gasteiger partial charge < -0.3 is 9.47 Å². The Labute approximate surface area is 163 Å². The zero-order valence-corrected chi connectivity index (χ0v) is 15.4. The summed E-state index contributed by atoms with van der Waals surface area (Å²) in [5, 5.41) is 2.14. The lowest BCUT2D eigenvalue weighted by Gasteiger charge is -2.30. The summed E-state index contributed by atoms with van der Waals surface area (Å²) >= 11 is 0. The molecule has 0 spiro atoms. The quantitative estimate of drug-likeness (QED) is 0.461. The minimum Gasteiger partial charge on any atom is -0.497 e. The molecule has 136 valence electrons. The molecule has 1 unspecified atom stereocenters. The maximum absolute atomic E-state index is 12.7. The van der Waals surface area contributed by atoms with Crippen LogP contribution in [0.15, 0.2) is 91.0 Å². The van der Waals surface area contributed by atoms with Crippen LogP contribution < -0.4 is 4.74 Å². The molecule has 0 saturated carbocycles. The molecule has 3 nitrogen and oxygen atoms in total. The number of benzene rings is 4. The van der Waals surface area contributed by atoms with Crippen LogP contribution in [0.3, 0.4) is 0 Å². The third-order valence-electron chi connectivity index (χ3n) is 5.41. The van der Waals surface area contributed by atoms with Crippen molar-refractivity contribution in [1.82, 2.24) is 0 Å². The summed E-state index contributed by atoms with van der Waals surface area (Å²) in [5.41, 5.74) is 2.39. The van der Waals surface area contributed by atoms with E-state index in [1.807, 2.05) is 84.9 Å². The fourth-order valence-electron chi connectivity index (χ4n) is 4.06. The fourth-order valence-corrected chi connectivity index (χ4v) is 4.06. The highest BCUT2D eigenvalue weighted by atomic mass is 16.6. The molecule has 4 aromatic rings. The van der Waals surface area contributed by atoms with Crippen LogP contribution in [0.25, 0.3) is 10.8 Å². The number of hydrogen-bond acceptors (Lipinski definition) is 3. The summed E-state index contributed by atoms with van der Waals surface area (Å²) in [5.74, 6) is 0.518. The Morgan fingerprint density at radius 3 is 2.29 bits per heavy atom. The lowest BCUT2D eigenvalue weighted by atomic mass is 9.79. The van der Waals surface area contributed by atoms with Crippen molar-refractivity contribution in [1.29, 1.82) is 0 Å². The van der Waals surface area contributed by atoms with E-state index in [-0.39, 0.29) is 5.97 Å². The number of rotatable bonds is 3. The van der Waals surface area contributed by atoms with Gasteiger partial charge in [0.05, 0.1) is 12.7 Å². The maximum atomic E-state index is 12.7. The number of esters is 1. The van der Waals surface area contributed by atoms with Gasteiger partial charge in [-0.1, -0.05) is 66.7 Å². The van der Waals surface area contributed by atoms with E-state index in [1.165, 1.54) is 0 Å². The van der Waals surface area contributed by atoms with Gasteiger partial charge in [0.1, 0.15) is 5.75 Å². The van der Waals surface area contributed by atoms with Crippen molar-refractivity contribution in [3.63, 3.8) is 0 Å². The second-order valence-electron chi connectivity index (χ2n) is 6.91. The smallest absolute Gasteiger partial charge is 0.340 e. The minimum absolute atomic E-state index is 0.297. The van der Waals surface area contributed by atoms with Crippen molar-refractivity contribution in [2.45, 2.75) is 5.60 Å². The Balaban J connectivity index is 1.80. The third-order valence-corrected chi connectivity index (χ3v) is 5.41. The van der Waals surface area contributed by atoms with Gasteiger partial charge in [-0.05, 0) is 35.0 Å². The number of methoxy groups -OCH3 is 1.